The lowest BCUT2D eigenvalue weighted by atomic mass is 9.96. The molecule has 168 valence electrons. The zero-order valence-corrected chi connectivity index (χ0v) is 18.2. The van der Waals surface area contributed by atoms with Crippen molar-refractivity contribution in [1.82, 2.24) is 4.98 Å². The fraction of sp³-hybridized carbons (Fsp3) is 0.348. The van der Waals surface area contributed by atoms with E-state index >= 15 is 0 Å². The van der Waals surface area contributed by atoms with Gasteiger partial charge in [0.1, 0.15) is 19.0 Å². The zero-order chi connectivity index (χ0) is 22.1. The zero-order valence-electron chi connectivity index (χ0n) is 17.3. The lowest BCUT2D eigenvalue weighted by Crippen LogP contribution is -2.23. The first-order chi connectivity index (χ1) is 15.5. The summed E-state index contributed by atoms with van der Waals surface area (Å²) < 4.78 is 57.4. The summed E-state index contributed by atoms with van der Waals surface area (Å²) in [5.74, 6) is 0.694. The van der Waals surface area contributed by atoms with E-state index in [1.54, 1.807) is 6.07 Å². The number of aromatic nitrogens is 1. The highest BCUT2D eigenvalue weighted by Crippen LogP contribution is 2.38. The van der Waals surface area contributed by atoms with Crippen LogP contribution >= 0.6 is 0 Å². The first kappa shape index (κ1) is 20.8. The van der Waals surface area contributed by atoms with Crippen molar-refractivity contribution < 1.29 is 26.7 Å². The summed E-state index contributed by atoms with van der Waals surface area (Å²) in [6.45, 7) is 0.766. The summed E-state index contributed by atoms with van der Waals surface area (Å²) in [4.78, 5) is 4.36. The van der Waals surface area contributed by atoms with Crippen molar-refractivity contribution in [1.29, 1.82) is 0 Å². The van der Waals surface area contributed by atoms with Crippen LogP contribution in [-0.2, 0) is 9.84 Å². The van der Waals surface area contributed by atoms with Gasteiger partial charge in [0.05, 0.1) is 4.90 Å². The highest BCUT2D eigenvalue weighted by atomic mass is 32.2. The molecular weight excluding hydrogens is 435 g/mol. The van der Waals surface area contributed by atoms with E-state index < -0.39 is 15.7 Å². The molecule has 2 heterocycles. The molecule has 1 aromatic heterocycles. The van der Waals surface area contributed by atoms with Crippen molar-refractivity contribution >= 4 is 15.7 Å². The number of fused-ring (bicyclic) bond motifs is 1. The van der Waals surface area contributed by atoms with E-state index in [1.165, 1.54) is 36.4 Å². The lowest BCUT2D eigenvalue weighted by molar-refractivity contribution is 0.171. The molecule has 0 saturated heterocycles. The summed E-state index contributed by atoms with van der Waals surface area (Å²) in [6, 6.07) is 10.2. The molecule has 0 spiro atoms. The second kappa shape index (κ2) is 8.46. The first-order valence-corrected chi connectivity index (χ1v) is 12.2. The Morgan fingerprint density at radius 1 is 0.938 bits per heavy atom. The van der Waals surface area contributed by atoms with Gasteiger partial charge >= 0.3 is 0 Å². The maximum Gasteiger partial charge on any atom is 0.234 e. The average Bonchev–Trinajstić information content (AvgIpc) is 3.24. The summed E-state index contributed by atoms with van der Waals surface area (Å²) in [7, 11) is -4.03. The van der Waals surface area contributed by atoms with Crippen molar-refractivity contribution in [3.05, 3.63) is 48.3 Å². The minimum absolute atomic E-state index is 0.0346. The third-order valence-corrected chi connectivity index (χ3v) is 7.37. The molecule has 1 aliphatic heterocycles. The van der Waals surface area contributed by atoms with Crippen molar-refractivity contribution in [2.45, 2.75) is 48.1 Å². The molecule has 0 unspecified atom stereocenters. The van der Waals surface area contributed by atoms with Gasteiger partial charge in [0.15, 0.2) is 11.5 Å². The quantitative estimate of drug-likeness (QED) is 0.586. The molecule has 3 aromatic rings. The Hall–Kier alpha value is -3.07. The molecule has 5 rings (SSSR count). The predicted octanol–water partition coefficient (Wildman–Crippen LogP) is 4.83. The van der Waals surface area contributed by atoms with Gasteiger partial charge in [0, 0.05) is 17.7 Å². The van der Waals surface area contributed by atoms with E-state index in [0.29, 0.717) is 30.3 Å². The lowest BCUT2D eigenvalue weighted by Gasteiger charge is -2.22. The molecule has 1 N–H and O–H groups in total. The van der Waals surface area contributed by atoms with Gasteiger partial charge in [0.2, 0.25) is 26.6 Å². The number of hydrogen-bond acceptors (Lipinski definition) is 7. The van der Waals surface area contributed by atoms with E-state index in [9.17, 15) is 12.8 Å². The third-order valence-electron chi connectivity index (χ3n) is 5.71. The number of rotatable bonds is 5. The number of benzene rings is 2. The normalized spacial score (nSPS) is 16.7. The summed E-state index contributed by atoms with van der Waals surface area (Å²) in [6.07, 6.45) is 5.16. The highest BCUT2D eigenvalue weighted by molar-refractivity contribution is 7.91. The molecule has 9 heteroatoms. The molecule has 1 saturated carbocycles. The van der Waals surface area contributed by atoms with E-state index in [-0.39, 0.29) is 27.7 Å². The summed E-state index contributed by atoms with van der Waals surface area (Å²) in [5, 5.41) is 3.06. The van der Waals surface area contributed by atoms with E-state index in [1.807, 2.05) is 0 Å². The van der Waals surface area contributed by atoms with Gasteiger partial charge in [-0.05, 0) is 49.2 Å². The molecule has 32 heavy (non-hydrogen) atoms. The van der Waals surface area contributed by atoms with Crippen LogP contribution in [0.15, 0.2) is 56.8 Å². The second-order valence-corrected chi connectivity index (χ2v) is 9.81. The minimum atomic E-state index is -4.03. The fourth-order valence-corrected chi connectivity index (χ4v) is 5.31. The number of ether oxygens (including phenoxy) is 2. The van der Waals surface area contributed by atoms with Crippen molar-refractivity contribution in [3.8, 4) is 23.0 Å². The Morgan fingerprint density at radius 3 is 2.41 bits per heavy atom. The Kier molecular flexibility index (Phi) is 5.50. The van der Waals surface area contributed by atoms with Gasteiger partial charge in [0.25, 0.3) is 0 Å². The molecule has 1 aliphatic carbocycles. The molecule has 0 atom stereocenters. The fourth-order valence-electron chi connectivity index (χ4n) is 4.03. The maximum absolute atomic E-state index is 13.6. The first-order valence-electron chi connectivity index (χ1n) is 10.7. The molecule has 1 fully saturated rings. The Morgan fingerprint density at radius 2 is 1.66 bits per heavy atom. The van der Waals surface area contributed by atoms with Gasteiger partial charge in [-0.1, -0.05) is 19.3 Å². The van der Waals surface area contributed by atoms with Gasteiger partial charge in [-0.25, -0.2) is 12.8 Å². The predicted molar refractivity (Wildman–Crippen MR) is 115 cm³/mol. The van der Waals surface area contributed by atoms with Crippen molar-refractivity contribution in [2.24, 2.45) is 0 Å². The number of sulfone groups is 1. The smallest absolute Gasteiger partial charge is 0.234 e. The van der Waals surface area contributed by atoms with Crippen LogP contribution in [0.4, 0.5) is 10.3 Å². The van der Waals surface area contributed by atoms with Crippen LogP contribution in [0, 0.1) is 5.82 Å². The van der Waals surface area contributed by atoms with Crippen molar-refractivity contribution in [3.63, 3.8) is 0 Å². The van der Waals surface area contributed by atoms with Gasteiger partial charge < -0.3 is 19.2 Å². The van der Waals surface area contributed by atoms with Crippen LogP contribution in [0.2, 0.25) is 0 Å². The van der Waals surface area contributed by atoms with Crippen molar-refractivity contribution in [2.75, 3.05) is 18.5 Å². The largest absolute Gasteiger partial charge is 0.486 e. The van der Waals surface area contributed by atoms with Gasteiger partial charge in [-0.2, -0.15) is 4.98 Å². The van der Waals surface area contributed by atoms with Crippen LogP contribution in [0.25, 0.3) is 11.5 Å². The van der Waals surface area contributed by atoms with Crippen LogP contribution in [-0.4, -0.2) is 32.7 Å². The summed E-state index contributed by atoms with van der Waals surface area (Å²) >= 11 is 0. The molecule has 0 radical (unpaired) electrons. The number of anilines is 1. The van der Waals surface area contributed by atoms with Gasteiger partial charge in [-0.15, -0.1) is 0 Å². The number of nitrogens with zero attached hydrogens (tertiary/aromatic N) is 1. The molecular formula is C23H23FN2O5S. The molecule has 2 aromatic carbocycles. The highest BCUT2D eigenvalue weighted by Gasteiger charge is 2.31. The SMILES string of the molecule is O=S(=O)(c1ccc2c(c1)OCCO2)c1nc(-c2ccc(F)cc2)oc1NC1CCCCC1. The monoisotopic (exact) mass is 458 g/mol. The third kappa shape index (κ3) is 4.04. The van der Waals surface area contributed by atoms with E-state index in [2.05, 4.69) is 10.3 Å². The Bertz CT molecular complexity index is 1220. The molecule has 0 amide bonds. The van der Waals surface area contributed by atoms with Crippen LogP contribution in [0.3, 0.4) is 0 Å². The Labute approximate surface area is 185 Å². The molecule has 7 nitrogen and oxygen atoms in total. The number of hydrogen-bond donors (Lipinski definition) is 1. The summed E-state index contributed by atoms with van der Waals surface area (Å²) in [5.41, 5.74) is 0.488. The van der Waals surface area contributed by atoms with Crippen LogP contribution in [0.1, 0.15) is 32.1 Å². The Balaban J connectivity index is 1.56. The second-order valence-electron chi connectivity index (χ2n) is 7.95. The molecule has 0 bridgehead atoms. The number of nitrogens with one attached hydrogen (secondary N) is 1. The van der Waals surface area contributed by atoms with Crippen LogP contribution in [0.5, 0.6) is 11.5 Å². The number of oxazole rings is 1. The minimum Gasteiger partial charge on any atom is -0.486 e. The van der Waals surface area contributed by atoms with E-state index in [0.717, 1.165) is 32.1 Å². The van der Waals surface area contributed by atoms with Crippen LogP contribution < -0.4 is 14.8 Å². The standard InChI is InChI=1S/C23H23FN2O5S/c24-16-8-6-15(7-9-16)21-26-23(22(31-21)25-17-4-2-1-3-5-17)32(27,28)18-10-11-19-20(14-18)30-13-12-29-19/h6-11,14,17,25H,1-5,12-13H2. The number of halogens is 1. The molecule has 2 aliphatic rings. The topological polar surface area (TPSA) is 90.7 Å². The average molecular weight is 459 g/mol. The maximum atomic E-state index is 13.6. The van der Waals surface area contributed by atoms with E-state index in [4.69, 9.17) is 13.9 Å². The van der Waals surface area contributed by atoms with Gasteiger partial charge in [-0.3, -0.25) is 0 Å².